The third-order valence-electron chi connectivity index (χ3n) is 4.99. The molecular weight excluding hydrogens is 404 g/mol. The number of ketones is 1. The van der Waals surface area contributed by atoms with E-state index in [2.05, 4.69) is 30.2 Å². The summed E-state index contributed by atoms with van der Waals surface area (Å²) in [4.78, 5) is 54.6. The molecule has 2 aromatic heterocycles. The van der Waals surface area contributed by atoms with Crippen LogP contribution in [-0.2, 0) is 9.59 Å². The summed E-state index contributed by atoms with van der Waals surface area (Å²) in [6, 6.07) is 1.72. The first kappa shape index (κ1) is 20.1. The fraction of sp³-hybridized carbons (Fsp3) is 0.350. The molecule has 0 atom stereocenters. The Bertz CT molecular complexity index is 989. The van der Waals surface area contributed by atoms with E-state index >= 15 is 0 Å². The van der Waals surface area contributed by atoms with Crippen LogP contribution in [0.3, 0.4) is 0 Å². The van der Waals surface area contributed by atoms with Crippen LogP contribution in [0.5, 0.6) is 0 Å². The van der Waals surface area contributed by atoms with Crippen LogP contribution in [0.1, 0.15) is 35.4 Å². The number of Topliss-reactive ketones (excluding diaryl/α,β-unsaturated/α-hetero) is 1. The number of amides is 1. The number of rotatable bonds is 5. The number of nitrogens with one attached hydrogen (secondary N) is 1. The molecule has 0 bridgehead atoms. The molecule has 9 nitrogen and oxygen atoms in total. The lowest BCUT2D eigenvalue weighted by Crippen LogP contribution is -2.39. The van der Waals surface area contributed by atoms with Gasteiger partial charge in [0.15, 0.2) is 5.78 Å². The summed E-state index contributed by atoms with van der Waals surface area (Å²) >= 11 is 0.972. The molecule has 1 amide bonds. The summed E-state index contributed by atoms with van der Waals surface area (Å²) in [5.41, 5.74) is 0.929. The average Bonchev–Trinajstić information content (AvgIpc) is 3.09. The highest BCUT2D eigenvalue weighted by Gasteiger charge is 2.26. The molecule has 2 aliphatic heterocycles. The summed E-state index contributed by atoms with van der Waals surface area (Å²) in [6.07, 6.45) is 9.54. The fourth-order valence-electron chi connectivity index (χ4n) is 3.35. The predicted molar refractivity (Wildman–Crippen MR) is 112 cm³/mol. The second-order valence-corrected chi connectivity index (χ2v) is 8.19. The molecule has 0 aliphatic carbocycles. The van der Waals surface area contributed by atoms with Gasteiger partial charge in [0.2, 0.25) is 11.1 Å². The Morgan fingerprint density at radius 1 is 1.20 bits per heavy atom. The molecule has 4 heterocycles. The molecule has 0 radical (unpaired) electrons. The average molecular weight is 424 g/mol. The van der Waals surface area contributed by atoms with Crippen molar-refractivity contribution in [1.82, 2.24) is 25.3 Å². The Kier molecular flexibility index (Phi) is 6.12. The van der Waals surface area contributed by atoms with Gasteiger partial charge in [0.05, 0.1) is 23.2 Å². The van der Waals surface area contributed by atoms with E-state index in [1.807, 2.05) is 0 Å². The molecule has 2 fully saturated rings. The summed E-state index contributed by atoms with van der Waals surface area (Å²) in [7, 11) is 0. The second kappa shape index (κ2) is 9.12. The number of hydrogen-bond acceptors (Lipinski definition) is 9. The lowest BCUT2D eigenvalue weighted by atomic mass is 9.97. The minimum absolute atomic E-state index is 0.0463. The highest BCUT2D eigenvalue weighted by Crippen LogP contribution is 2.30. The van der Waals surface area contributed by atoms with Gasteiger partial charge in [-0.1, -0.05) is 0 Å². The zero-order valence-electron chi connectivity index (χ0n) is 16.2. The molecule has 30 heavy (non-hydrogen) atoms. The normalized spacial score (nSPS) is 18.8. The third-order valence-corrected chi connectivity index (χ3v) is 5.93. The second-order valence-electron chi connectivity index (χ2n) is 7.10. The van der Waals surface area contributed by atoms with E-state index in [0.29, 0.717) is 34.7 Å². The molecular formula is C20H20N6O3S. The minimum atomic E-state index is -0.215. The predicted octanol–water partition coefficient (Wildman–Crippen LogP) is 1.49. The number of aromatic nitrogens is 4. The minimum Gasteiger partial charge on any atom is -0.350 e. The quantitative estimate of drug-likeness (QED) is 0.562. The lowest BCUT2D eigenvalue weighted by Gasteiger charge is -2.32. The summed E-state index contributed by atoms with van der Waals surface area (Å²) in [5.74, 6) is 0.598. The van der Waals surface area contributed by atoms with Crippen LogP contribution in [0.25, 0.3) is 6.08 Å². The first-order valence-corrected chi connectivity index (χ1v) is 10.5. The first-order chi connectivity index (χ1) is 14.6. The number of carbonyl (C=O) groups excluding carboxylic acids is 3. The number of piperidine rings is 1. The van der Waals surface area contributed by atoms with Crippen molar-refractivity contribution in [2.75, 3.05) is 24.5 Å². The lowest BCUT2D eigenvalue weighted by molar-refractivity contribution is -0.119. The highest BCUT2D eigenvalue weighted by molar-refractivity contribution is 8.18. The largest absolute Gasteiger partial charge is 0.350 e. The maximum Gasteiger partial charge on any atom is 0.271 e. The van der Waals surface area contributed by atoms with Crippen LogP contribution < -0.4 is 10.2 Å². The number of nitrogens with zero attached hydrogens (tertiary/aromatic N) is 5. The van der Waals surface area contributed by atoms with Crippen LogP contribution >= 0.6 is 11.8 Å². The van der Waals surface area contributed by atoms with Crippen LogP contribution in [0.2, 0.25) is 0 Å². The molecule has 2 saturated heterocycles. The maximum absolute atomic E-state index is 12.1. The van der Waals surface area contributed by atoms with Crippen molar-refractivity contribution < 1.29 is 14.4 Å². The van der Waals surface area contributed by atoms with E-state index in [4.69, 9.17) is 0 Å². The third kappa shape index (κ3) is 4.88. The molecule has 0 saturated carbocycles. The highest BCUT2D eigenvalue weighted by atomic mass is 32.2. The van der Waals surface area contributed by atoms with Crippen LogP contribution in [0.4, 0.5) is 5.95 Å². The van der Waals surface area contributed by atoms with Crippen molar-refractivity contribution in [1.29, 1.82) is 0 Å². The molecule has 0 aromatic carbocycles. The molecule has 10 heteroatoms. The van der Waals surface area contributed by atoms with Gasteiger partial charge in [-0.2, -0.15) is 0 Å². The van der Waals surface area contributed by atoms with Crippen molar-refractivity contribution in [3.05, 3.63) is 47.1 Å². The van der Waals surface area contributed by atoms with E-state index < -0.39 is 0 Å². The number of anilines is 1. The van der Waals surface area contributed by atoms with E-state index in [9.17, 15) is 14.4 Å². The fourth-order valence-corrected chi connectivity index (χ4v) is 4.17. The number of hydrogen-bond donors (Lipinski definition) is 1. The van der Waals surface area contributed by atoms with Crippen LogP contribution in [0, 0.1) is 5.92 Å². The summed E-state index contributed by atoms with van der Waals surface area (Å²) in [5, 5.41) is 2.79. The van der Waals surface area contributed by atoms with Crippen molar-refractivity contribution >= 4 is 40.6 Å². The molecule has 2 aliphatic rings. The van der Waals surface area contributed by atoms with E-state index in [-0.39, 0.29) is 23.2 Å². The Morgan fingerprint density at radius 2 is 2.03 bits per heavy atom. The van der Waals surface area contributed by atoms with Crippen molar-refractivity contribution in [2.45, 2.75) is 19.3 Å². The van der Waals surface area contributed by atoms with Gasteiger partial charge in [-0.15, -0.1) is 0 Å². The smallest absolute Gasteiger partial charge is 0.271 e. The standard InChI is InChI=1S/C20H20N6O3S/c27-16-10-18(28)30-17(16)9-14-1-4-23-20(25-14)26-7-2-13(3-8-26)11-24-19(29)15-12-21-5-6-22-15/h1,4-6,9,12-13H,2-3,7-8,10-11H2,(H,24,29)/b17-9-. The SMILES string of the molecule is O=C1CC(=O)/C(=C/c2ccnc(N3CCC(CNC(=O)c4cnccn4)CC3)n2)S1. The maximum atomic E-state index is 12.1. The van der Waals surface area contributed by atoms with Gasteiger partial charge in [-0.25, -0.2) is 15.0 Å². The summed E-state index contributed by atoms with van der Waals surface area (Å²) in [6.45, 7) is 2.14. The zero-order chi connectivity index (χ0) is 20.9. The number of carbonyl (C=O) groups is 3. The summed E-state index contributed by atoms with van der Waals surface area (Å²) < 4.78 is 0. The molecule has 0 unspecified atom stereocenters. The van der Waals surface area contributed by atoms with Crippen LogP contribution in [0.15, 0.2) is 35.8 Å². The van der Waals surface area contributed by atoms with Crippen molar-refractivity contribution in [2.24, 2.45) is 5.92 Å². The van der Waals surface area contributed by atoms with Gasteiger partial charge < -0.3 is 10.2 Å². The monoisotopic (exact) mass is 424 g/mol. The molecule has 0 spiro atoms. The topological polar surface area (TPSA) is 118 Å². The van der Waals surface area contributed by atoms with Gasteiger partial charge in [0, 0.05) is 38.2 Å². The number of allylic oxidation sites excluding steroid dienone is 1. The Hall–Kier alpha value is -3.14. The molecule has 2 aromatic rings. The van der Waals surface area contributed by atoms with Gasteiger partial charge >= 0.3 is 0 Å². The molecule has 4 rings (SSSR count). The van der Waals surface area contributed by atoms with E-state index in [1.54, 1.807) is 18.3 Å². The Labute approximate surface area is 177 Å². The van der Waals surface area contributed by atoms with E-state index in [1.165, 1.54) is 18.6 Å². The van der Waals surface area contributed by atoms with Gasteiger partial charge in [0.1, 0.15) is 5.69 Å². The van der Waals surface area contributed by atoms with Gasteiger partial charge in [0.25, 0.3) is 5.91 Å². The van der Waals surface area contributed by atoms with Gasteiger partial charge in [-0.3, -0.25) is 19.4 Å². The van der Waals surface area contributed by atoms with E-state index in [0.717, 1.165) is 37.7 Å². The zero-order valence-corrected chi connectivity index (χ0v) is 17.0. The Balaban J connectivity index is 1.31. The number of thioether (sulfide) groups is 1. The van der Waals surface area contributed by atoms with Crippen molar-refractivity contribution in [3.8, 4) is 0 Å². The van der Waals surface area contributed by atoms with Crippen LogP contribution in [-0.4, -0.2) is 56.4 Å². The Morgan fingerprint density at radius 3 is 2.73 bits per heavy atom. The van der Waals surface area contributed by atoms with Gasteiger partial charge in [-0.05, 0) is 42.7 Å². The molecule has 154 valence electrons. The van der Waals surface area contributed by atoms with Crippen molar-refractivity contribution in [3.63, 3.8) is 0 Å². The first-order valence-electron chi connectivity index (χ1n) is 9.66. The molecule has 1 N–H and O–H groups in total.